The molecule has 2 aliphatic heterocycles. The minimum absolute atomic E-state index is 0. The van der Waals surface area contributed by atoms with Gasteiger partial charge in [-0.1, -0.05) is 29.8 Å². The highest BCUT2D eigenvalue weighted by molar-refractivity contribution is 14.0. The van der Waals surface area contributed by atoms with Gasteiger partial charge in [0.1, 0.15) is 6.10 Å². The molecule has 0 aromatic heterocycles. The normalized spacial score (nSPS) is 20.4. The van der Waals surface area contributed by atoms with E-state index in [4.69, 9.17) is 21.3 Å². The molecule has 0 aliphatic carbocycles. The summed E-state index contributed by atoms with van der Waals surface area (Å²) in [6, 6.07) is 7.77. The molecule has 1 aromatic rings. The van der Waals surface area contributed by atoms with Crippen LogP contribution in [0.25, 0.3) is 0 Å². The smallest absolute Gasteiger partial charge is 0.251 e. The molecule has 150 valence electrons. The fourth-order valence-electron chi connectivity index (χ4n) is 3.33. The number of guanidine groups is 1. The van der Waals surface area contributed by atoms with Gasteiger partial charge in [-0.2, -0.15) is 0 Å². The lowest BCUT2D eigenvalue weighted by molar-refractivity contribution is -0.142. The van der Waals surface area contributed by atoms with Crippen LogP contribution in [0.2, 0.25) is 5.02 Å². The topological polar surface area (TPSA) is 57.2 Å². The molecule has 6 nitrogen and oxygen atoms in total. The second kappa shape index (κ2) is 11.1. The predicted molar refractivity (Wildman–Crippen MR) is 119 cm³/mol. The number of ether oxygens (including phenoxy) is 1. The van der Waals surface area contributed by atoms with Crippen molar-refractivity contribution in [2.24, 2.45) is 4.99 Å². The number of hydrogen-bond donors (Lipinski definition) is 1. The molecule has 27 heavy (non-hydrogen) atoms. The second-order valence-electron chi connectivity index (χ2n) is 6.58. The Bertz CT molecular complexity index is 644. The molecule has 2 saturated heterocycles. The van der Waals surface area contributed by atoms with Crippen LogP contribution in [0, 0.1) is 0 Å². The van der Waals surface area contributed by atoms with Crippen LogP contribution in [0.4, 0.5) is 0 Å². The van der Waals surface area contributed by atoms with Crippen molar-refractivity contribution in [3.8, 4) is 0 Å². The van der Waals surface area contributed by atoms with Crippen LogP contribution < -0.4 is 5.32 Å². The Kier molecular flexibility index (Phi) is 9.11. The number of carbonyl (C=O) groups excluding carboxylic acids is 1. The zero-order valence-corrected chi connectivity index (χ0v) is 18.8. The SMILES string of the molecule is CCNC(=NCc1ccccc1Cl)N1CCN(C(=O)C2CCCO2)CC1.I. The Hall–Kier alpha value is -1.06. The van der Waals surface area contributed by atoms with E-state index in [-0.39, 0.29) is 36.0 Å². The number of carbonyl (C=O) groups is 1. The maximum Gasteiger partial charge on any atom is 0.251 e. The van der Waals surface area contributed by atoms with Gasteiger partial charge in [-0.15, -0.1) is 24.0 Å². The van der Waals surface area contributed by atoms with Crippen molar-refractivity contribution in [3.63, 3.8) is 0 Å². The molecule has 1 aromatic carbocycles. The lowest BCUT2D eigenvalue weighted by Gasteiger charge is -2.37. The van der Waals surface area contributed by atoms with Crippen LogP contribution in [0.15, 0.2) is 29.3 Å². The summed E-state index contributed by atoms with van der Waals surface area (Å²) in [5.74, 6) is 1.01. The van der Waals surface area contributed by atoms with Gasteiger partial charge in [0.2, 0.25) is 0 Å². The van der Waals surface area contributed by atoms with Crippen LogP contribution >= 0.6 is 35.6 Å². The standard InChI is InChI=1S/C19H27ClN4O2.HI/c1-2-21-19(22-14-15-6-3-4-7-16(15)20)24-11-9-23(10-12-24)18(25)17-8-5-13-26-17;/h3-4,6-7,17H,2,5,8-14H2,1H3,(H,21,22);1H. The lowest BCUT2D eigenvalue weighted by atomic mass is 10.2. The highest BCUT2D eigenvalue weighted by Gasteiger charge is 2.30. The molecular weight excluding hydrogens is 479 g/mol. The zero-order valence-electron chi connectivity index (χ0n) is 15.7. The van der Waals surface area contributed by atoms with Crippen LogP contribution in [0.3, 0.4) is 0 Å². The Labute approximate surface area is 183 Å². The Balaban J connectivity index is 0.00000261. The van der Waals surface area contributed by atoms with E-state index in [0.717, 1.165) is 49.0 Å². The second-order valence-corrected chi connectivity index (χ2v) is 6.98. The monoisotopic (exact) mass is 506 g/mol. The molecule has 0 radical (unpaired) electrons. The third-order valence-electron chi connectivity index (χ3n) is 4.79. The van der Waals surface area contributed by atoms with Crippen molar-refractivity contribution in [2.75, 3.05) is 39.3 Å². The van der Waals surface area contributed by atoms with Gasteiger partial charge in [-0.05, 0) is 31.4 Å². The summed E-state index contributed by atoms with van der Waals surface area (Å²) in [6.45, 7) is 7.05. The molecule has 1 atom stereocenters. The van der Waals surface area contributed by atoms with Gasteiger partial charge in [0.05, 0.1) is 6.54 Å². The van der Waals surface area contributed by atoms with E-state index >= 15 is 0 Å². The number of halogens is 2. The molecule has 2 fully saturated rings. The maximum absolute atomic E-state index is 12.5. The molecule has 2 heterocycles. The quantitative estimate of drug-likeness (QED) is 0.388. The van der Waals surface area contributed by atoms with E-state index in [2.05, 4.69) is 17.1 Å². The average Bonchev–Trinajstić information content (AvgIpc) is 3.21. The number of piperazine rings is 1. The highest BCUT2D eigenvalue weighted by atomic mass is 127. The van der Waals surface area contributed by atoms with Gasteiger partial charge < -0.3 is 19.9 Å². The third kappa shape index (κ3) is 5.96. The van der Waals surface area contributed by atoms with E-state index in [9.17, 15) is 4.79 Å². The van der Waals surface area contributed by atoms with Crippen LogP contribution in [0.5, 0.6) is 0 Å². The first-order valence-corrected chi connectivity index (χ1v) is 9.74. The summed E-state index contributed by atoms with van der Waals surface area (Å²) >= 11 is 6.23. The molecule has 1 N–H and O–H groups in total. The van der Waals surface area contributed by atoms with Gasteiger partial charge in [0.15, 0.2) is 5.96 Å². The lowest BCUT2D eigenvalue weighted by Crippen LogP contribution is -2.55. The van der Waals surface area contributed by atoms with Gasteiger partial charge >= 0.3 is 0 Å². The number of benzene rings is 1. The summed E-state index contributed by atoms with van der Waals surface area (Å²) in [5, 5.41) is 4.08. The predicted octanol–water partition coefficient (Wildman–Crippen LogP) is 2.75. The van der Waals surface area contributed by atoms with E-state index in [0.29, 0.717) is 26.2 Å². The van der Waals surface area contributed by atoms with E-state index < -0.39 is 0 Å². The van der Waals surface area contributed by atoms with Crippen molar-refractivity contribution >= 4 is 47.4 Å². The molecule has 0 saturated carbocycles. The number of nitrogens with one attached hydrogen (secondary N) is 1. The van der Waals surface area contributed by atoms with Crippen molar-refractivity contribution in [3.05, 3.63) is 34.9 Å². The summed E-state index contributed by atoms with van der Waals surface area (Å²) in [4.78, 5) is 21.3. The number of rotatable bonds is 4. The molecular formula is C19H28ClIN4O2. The molecule has 1 unspecified atom stereocenters. The average molecular weight is 507 g/mol. The first-order valence-electron chi connectivity index (χ1n) is 9.36. The van der Waals surface area contributed by atoms with Crippen molar-refractivity contribution in [1.82, 2.24) is 15.1 Å². The molecule has 3 rings (SSSR count). The fourth-order valence-corrected chi connectivity index (χ4v) is 3.52. The number of amides is 1. The minimum Gasteiger partial charge on any atom is -0.368 e. The molecule has 0 spiro atoms. The maximum atomic E-state index is 12.5. The summed E-state index contributed by atoms with van der Waals surface area (Å²) in [7, 11) is 0. The van der Waals surface area contributed by atoms with Gasteiger partial charge in [-0.3, -0.25) is 4.79 Å². The number of hydrogen-bond acceptors (Lipinski definition) is 3. The van der Waals surface area contributed by atoms with Crippen molar-refractivity contribution < 1.29 is 9.53 Å². The van der Waals surface area contributed by atoms with E-state index in [1.165, 1.54) is 0 Å². The zero-order chi connectivity index (χ0) is 18.4. The number of aliphatic imine (C=N–C) groups is 1. The van der Waals surface area contributed by atoms with Gasteiger partial charge in [0.25, 0.3) is 5.91 Å². The number of nitrogens with zero attached hydrogens (tertiary/aromatic N) is 3. The highest BCUT2D eigenvalue weighted by Crippen LogP contribution is 2.17. The van der Waals surface area contributed by atoms with Gasteiger partial charge in [-0.25, -0.2) is 4.99 Å². The minimum atomic E-state index is -0.233. The first kappa shape index (κ1) is 22.2. The Morgan fingerprint density at radius 3 is 2.59 bits per heavy atom. The molecule has 8 heteroatoms. The van der Waals surface area contributed by atoms with Crippen LogP contribution in [-0.2, 0) is 16.1 Å². The molecule has 2 aliphatic rings. The van der Waals surface area contributed by atoms with Gasteiger partial charge in [0, 0.05) is 44.4 Å². The van der Waals surface area contributed by atoms with E-state index in [1.807, 2.05) is 29.2 Å². The molecule has 0 bridgehead atoms. The summed E-state index contributed by atoms with van der Waals surface area (Å²) in [5.41, 5.74) is 1.01. The summed E-state index contributed by atoms with van der Waals surface area (Å²) in [6.07, 6.45) is 1.60. The van der Waals surface area contributed by atoms with E-state index in [1.54, 1.807) is 0 Å². The van der Waals surface area contributed by atoms with Crippen molar-refractivity contribution in [1.29, 1.82) is 0 Å². The van der Waals surface area contributed by atoms with Crippen LogP contribution in [-0.4, -0.2) is 67.1 Å². The van der Waals surface area contributed by atoms with Crippen LogP contribution in [0.1, 0.15) is 25.3 Å². The Morgan fingerprint density at radius 1 is 1.26 bits per heavy atom. The summed E-state index contributed by atoms with van der Waals surface area (Å²) < 4.78 is 5.53. The third-order valence-corrected chi connectivity index (χ3v) is 5.16. The molecule has 1 amide bonds. The fraction of sp³-hybridized carbons (Fsp3) is 0.579. The largest absolute Gasteiger partial charge is 0.368 e. The van der Waals surface area contributed by atoms with Crippen molar-refractivity contribution in [2.45, 2.75) is 32.4 Å². The first-order chi connectivity index (χ1) is 12.7. The Morgan fingerprint density at radius 2 is 1.96 bits per heavy atom.